The van der Waals surface area contributed by atoms with E-state index >= 15 is 0 Å². The molecule has 27 heavy (non-hydrogen) atoms. The van der Waals surface area contributed by atoms with Crippen molar-refractivity contribution in [1.29, 1.82) is 0 Å². The first-order valence-electron chi connectivity index (χ1n) is 8.72. The minimum atomic E-state index is -0.554. The number of methoxy groups -OCH3 is 1. The maximum Gasteiger partial charge on any atom is 0.307 e. The molecule has 2 aromatic rings. The Labute approximate surface area is 168 Å². The van der Waals surface area contributed by atoms with Crippen molar-refractivity contribution < 1.29 is 14.3 Å². The van der Waals surface area contributed by atoms with Gasteiger partial charge >= 0.3 is 5.97 Å². The molecular formula is C21H21Cl2NO3. The van der Waals surface area contributed by atoms with Crippen LogP contribution in [0.4, 0.5) is 0 Å². The van der Waals surface area contributed by atoms with E-state index in [0.717, 1.165) is 12.0 Å². The van der Waals surface area contributed by atoms with Crippen molar-refractivity contribution in [2.24, 2.45) is 5.92 Å². The summed E-state index contributed by atoms with van der Waals surface area (Å²) in [6.07, 6.45) is 0.776. The second kappa shape index (κ2) is 7.91. The van der Waals surface area contributed by atoms with Crippen LogP contribution in [-0.4, -0.2) is 19.0 Å². The number of hydrogen-bond donors (Lipinski definition) is 1. The predicted molar refractivity (Wildman–Crippen MR) is 106 cm³/mol. The summed E-state index contributed by atoms with van der Waals surface area (Å²) in [5.74, 6) is -0.654. The van der Waals surface area contributed by atoms with Crippen LogP contribution >= 0.6 is 23.2 Å². The maximum absolute atomic E-state index is 12.9. The van der Waals surface area contributed by atoms with Crippen LogP contribution in [0.3, 0.4) is 0 Å². The molecule has 1 aliphatic rings. The summed E-state index contributed by atoms with van der Waals surface area (Å²) in [5.41, 5.74) is 1.63. The smallest absolute Gasteiger partial charge is 0.307 e. The molecule has 0 aromatic heterocycles. The van der Waals surface area contributed by atoms with Crippen molar-refractivity contribution in [2.45, 2.75) is 31.2 Å². The Balaban J connectivity index is 1.78. The Morgan fingerprint density at radius 3 is 2.41 bits per heavy atom. The Morgan fingerprint density at radius 1 is 1.19 bits per heavy atom. The highest BCUT2D eigenvalue weighted by atomic mass is 35.5. The SMILES string of the molecule is COC(=O)C[C@H](NC(=O)C1CC1(C)c1ccccc1)c1cc(Cl)cc(Cl)c1. The third-order valence-electron chi connectivity index (χ3n) is 5.19. The van der Waals surface area contributed by atoms with Gasteiger partial charge in [0.15, 0.2) is 0 Å². The fourth-order valence-electron chi connectivity index (χ4n) is 3.44. The quantitative estimate of drug-likeness (QED) is 0.708. The van der Waals surface area contributed by atoms with Gasteiger partial charge < -0.3 is 10.1 Å². The van der Waals surface area contributed by atoms with Crippen LogP contribution in [-0.2, 0) is 19.7 Å². The fourth-order valence-corrected chi connectivity index (χ4v) is 3.98. The van der Waals surface area contributed by atoms with E-state index < -0.39 is 12.0 Å². The third-order valence-corrected chi connectivity index (χ3v) is 5.63. The number of ether oxygens (including phenoxy) is 1. The van der Waals surface area contributed by atoms with E-state index in [-0.39, 0.29) is 23.7 Å². The number of carbonyl (C=O) groups is 2. The van der Waals surface area contributed by atoms with E-state index in [1.54, 1.807) is 18.2 Å². The number of benzene rings is 2. The molecule has 0 aliphatic heterocycles. The highest BCUT2D eigenvalue weighted by Crippen LogP contribution is 2.54. The molecule has 0 saturated heterocycles. The number of rotatable bonds is 6. The van der Waals surface area contributed by atoms with Crippen molar-refractivity contribution in [1.82, 2.24) is 5.32 Å². The molecular weight excluding hydrogens is 385 g/mol. The molecule has 6 heteroatoms. The first-order valence-corrected chi connectivity index (χ1v) is 9.48. The van der Waals surface area contributed by atoms with E-state index in [1.165, 1.54) is 7.11 Å². The van der Waals surface area contributed by atoms with Crippen LogP contribution in [0.5, 0.6) is 0 Å². The first kappa shape index (κ1) is 19.7. The van der Waals surface area contributed by atoms with Crippen LogP contribution in [0.2, 0.25) is 10.0 Å². The molecule has 0 heterocycles. The largest absolute Gasteiger partial charge is 0.469 e. The van der Waals surface area contributed by atoms with Crippen LogP contribution in [0.1, 0.15) is 36.9 Å². The van der Waals surface area contributed by atoms with E-state index in [1.807, 2.05) is 30.3 Å². The molecule has 2 unspecified atom stereocenters. The number of nitrogens with one attached hydrogen (secondary N) is 1. The van der Waals surface area contributed by atoms with Crippen molar-refractivity contribution in [3.05, 3.63) is 69.7 Å². The number of esters is 1. The summed E-state index contributed by atoms with van der Waals surface area (Å²) in [6.45, 7) is 2.08. The standard InChI is InChI=1S/C21H21Cl2NO3/c1-21(14-6-4-3-5-7-14)12-17(21)20(26)24-18(11-19(25)27-2)13-8-15(22)10-16(23)9-13/h3-10,17-18H,11-12H2,1-2H3,(H,24,26)/t17?,18-,21?/m0/s1. The summed E-state index contributed by atoms with van der Waals surface area (Å²) in [5, 5.41) is 3.88. The Hall–Kier alpha value is -2.04. The molecule has 1 N–H and O–H groups in total. The minimum Gasteiger partial charge on any atom is -0.469 e. The van der Waals surface area contributed by atoms with Gasteiger partial charge in [-0.05, 0) is 35.7 Å². The third kappa shape index (κ3) is 4.45. The van der Waals surface area contributed by atoms with Gasteiger partial charge in [0, 0.05) is 21.4 Å². The lowest BCUT2D eigenvalue weighted by atomic mass is 9.95. The zero-order valence-corrected chi connectivity index (χ0v) is 16.7. The van der Waals surface area contributed by atoms with E-state index in [2.05, 4.69) is 12.2 Å². The zero-order chi connectivity index (χ0) is 19.6. The summed E-state index contributed by atoms with van der Waals surface area (Å²) >= 11 is 12.2. The molecule has 1 saturated carbocycles. The van der Waals surface area contributed by atoms with Crippen molar-refractivity contribution in [3.8, 4) is 0 Å². The fraction of sp³-hybridized carbons (Fsp3) is 0.333. The second-order valence-corrected chi connectivity index (χ2v) is 7.96. The number of amides is 1. The van der Waals surface area contributed by atoms with Crippen LogP contribution in [0, 0.1) is 5.92 Å². The average molecular weight is 406 g/mol. The Morgan fingerprint density at radius 2 is 1.81 bits per heavy atom. The molecule has 4 nitrogen and oxygen atoms in total. The number of halogens is 2. The minimum absolute atomic E-state index is 0.00762. The molecule has 0 radical (unpaired) electrons. The lowest BCUT2D eigenvalue weighted by Gasteiger charge is -2.20. The zero-order valence-electron chi connectivity index (χ0n) is 15.2. The predicted octanol–water partition coefficient (Wildman–Crippen LogP) is 4.69. The molecule has 0 spiro atoms. The summed E-state index contributed by atoms with van der Waals surface area (Å²) in [4.78, 5) is 24.7. The Bertz CT molecular complexity index is 836. The molecule has 0 bridgehead atoms. The van der Waals surface area contributed by atoms with Crippen molar-refractivity contribution in [2.75, 3.05) is 7.11 Å². The normalized spacial score (nSPS) is 22.0. The van der Waals surface area contributed by atoms with Crippen molar-refractivity contribution >= 4 is 35.1 Å². The maximum atomic E-state index is 12.9. The summed E-state index contributed by atoms with van der Waals surface area (Å²) in [7, 11) is 1.32. The summed E-state index contributed by atoms with van der Waals surface area (Å²) < 4.78 is 4.77. The molecule has 1 aliphatic carbocycles. The average Bonchev–Trinajstić information content (AvgIpc) is 3.34. The van der Waals surface area contributed by atoms with Gasteiger partial charge in [0.25, 0.3) is 0 Å². The first-order chi connectivity index (χ1) is 12.8. The van der Waals surface area contributed by atoms with E-state index in [0.29, 0.717) is 15.6 Å². The monoisotopic (exact) mass is 405 g/mol. The highest BCUT2D eigenvalue weighted by molar-refractivity contribution is 6.34. The van der Waals surface area contributed by atoms with E-state index in [4.69, 9.17) is 27.9 Å². The Kier molecular flexibility index (Phi) is 5.78. The van der Waals surface area contributed by atoms with Gasteiger partial charge in [-0.15, -0.1) is 0 Å². The molecule has 3 atom stereocenters. The van der Waals surface area contributed by atoms with Gasteiger partial charge in [-0.2, -0.15) is 0 Å². The van der Waals surface area contributed by atoms with Gasteiger partial charge in [0.05, 0.1) is 19.6 Å². The number of hydrogen-bond acceptors (Lipinski definition) is 3. The van der Waals surface area contributed by atoms with Crippen LogP contribution in [0.15, 0.2) is 48.5 Å². The lowest BCUT2D eigenvalue weighted by Crippen LogP contribution is -2.33. The highest BCUT2D eigenvalue weighted by Gasteiger charge is 2.55. The number of carbonyl (C=O) groups excluding carboxylic acids is 2. The lowest BCUT2D eigenvalue weighted by molar-refractivity contribution is -0.141. The van der Waals surface area contributed by atoms with Gasteiger partial charge in [-0.1, -0.05) is 60.5 Å². The topological polar surface area (TPSA) is 55.4 Å². The molecule has 142 valence electrons. The van der Waals surface area contributed by atoms with Gasteiger partial charge in [0.2, 0.25) is 5.91 Å². The molecule has 1 amide bonds. The summed E-state index contributed by atoms with van der Waals surface area (Å²) in [6, 6.07) is 14.4. The van der Waals surface area contributed by atoms with Gasteiger partial charge in [0.1, 0.15) is 0 Å². The second-order valence-electron chi connectivity index (χ2n) is 7.08. The molecule has 3 rings (SSSR count). The van der Waals surface area contributed by atoms with E-state index in [9.17, 15) is 9.59 Å². The van der Waals surface area contributed by atoms with Gasteiger partial charge in [-0.25, -0.2) is 0 Å². The molecule has 1 fully saturated rings. The van der Waals surface area contributed by atoms with Gasteiger partial charge in [-0.3, -0.25) is 9.59 Å². The molecule has 2 aromatic carbocycles. The van der Waals surface area contributed by atoms with Crippen molar-refractivity contribution in [3.63, 3.8) is 0 Å². The van der Waals surface area contributed by atoms with Crippen LogP contribution in [0.25, 0.3) is 0 Å². The van der Waals surface area contributed by atoms with Crippen LogP contribution < -0.4 is 5.32 Å².